The van der Waals surface area contributed by atoms with Gasteiger partial charge in [-0.25, -0.2) is 0 Å². The highest BCUT2D eigenvalue weighted by Gasteiger charge is 2.54. The van der Waals surface area contributed by atoms with E-state index in [1.165, 1.54) is 6.42 Å². The minimum Gasteiger partial charge on any atom is -0.481 e. The number of halogens is 1. The minimum atomic E-state index is -0.662. The summed E-state index contributed by atoms with van der Waals surface area (Å²) in [5, 5.41) is 9.62. The molecule has 2 heterocycles. The average Bonchev–Trinajstić information content (AvgIpc) is 2.94. The first kappa shape index (κ1) is 18.5. The summed E-state index contributed by atoms with van der Waals surface area (Å²) in [4.78, 5) is 28.4. The molecule has 3 fully saturated rings. The van der Waals surface area contributed by atoms with E-state index in [0.717, 1.165) is 38.9 Å². The predicted octanol–water partition coefficient (Wildman–Crippen LogP) is 2.10. The lowest BCUT2D eigenvalue weighted by molar-refractivity contribution is -0.149. The van der Waals surface area contributed by atoms with E-state index < -0.39 is 11.4 Å². The standard InChI is InChI=1S/C17H28N2O3.ClH/c1-12-6-13(2)8-19(7-12)15(20)10-18-9-14-4-3-5-17(14,11-18)16(21)22;/h12-14H,3-11H2,1-2H3,(H,21,22);1H/t12?,13?,14-,17+;/m0./s1. The van der Waals surface area contributed by atoms with Crippen molar-refractivity contribution in [3.05, 3.63) is 0 Å². The summed E-state index contributed by atoms with van der Waals surface area (Å²) in [6.45, 7) is 7.83. The number of hydrogen-bond acceptors (Lipinski definition) is 3. The van der Waals surface area contributed by atoms with Crippen LogP contribution in [0.25, 0.3) is 0 Å². The van der Waals surface area contributed by atoms with Gasteiger partial charge in [0.1, 0.15) is 0 Å². The van der Waals surface area contributed by atoms with Crippen LogP contribution < -0.4 is 0 Å². The van der Waals surface area contributed by atoms with Gasteiger partial charge in [-0.3, -0.25) is 14.5 Å². The smallest absolute Gasteiger partial charge is 0.311 e. The number of carbonyl (C=O) groups is 2. The van der Waals surface area contributed by atoms with Crippen LogP contribution in [-0.2, 0) is 9.59 Å². The van der Waals surface area contributed by atoms with Crippen molar-refractivity contribution in [2.45, 2.75) is 39.5 Å². The number of piperidine rings is 1. The Hall–Kier alpha value is -0.810. The molecule has 5 nitrogen and oxygen atoms in total. The third-order valence-corrected chi connectivity index (χ3v) is 5.95. The van der Waals surface area contributed by atoms with Gasteiger partial charge in [-0.2, -0.15) is 0 Å². The molecule has 4 atom stereocenters. The first-order valence-electron chi connectivity index (χ1n) is 8.64. The van der Waals surface area contributed by atoms with Crippen LogP contribution in [0, 0.1) is 23.2 Å². The number of likely N-dealkylation sites (tertiary alicyclic amines) is 2. The molecule has 0 radical (unpaired) electrons. The van der Waals surface area contributed by atoms with E-state index in [1.807, 2.05) is 4.90 Å². The number of carboxylic acids is 1. The first-order chi connectivity index (χ1) is 10.4. The second-order valence-corrected chi connectivity index (χ2v) is 7.96. The van der Waals surface area contributed by atoms with Gasteiger partial charge < -0.3 is 10.0 Å². The maximum atomic E-state index is 12.6. The Bertz CT molecular complexity index is 463. The van der Waals surface area contributed by atoms with Gasteiger partial charge in [0.05, 0.1) is 12.0 Å². The van der Waals surface area contributed by atoms with Gasteiger partial charge in [-0.15, -0.1) is 12.4 Å². The molecule has 132 valence electrons. The second-order valence-electron chi connectivity index (χ2n) is 7.96. The summed E-state index contributed by atoms with van der Waals surface area (Å²) in [5.74, 6) is 0.883. The maximum Gasteiger partial charge on any atom is 0.311 e. The van der Waals surface area contributed by atoms with Crippen molar-refractivity contribution in [3.8, 4) is 0 Å². The molecular weight excluding hydrogens is 316 g/mol. The topological polar surface area (TPSA) is 60.9 Å². The van der Waals surface area contributed by atoms with Crippen molar-refractivity contribution in [3.63, 3.8) is 0 Å². The summed E-state index contributed by atoms with van der Waals surface area (Å²) in [5.41, 5.74) is -0.581. The lowest BCUT2D eigenvalue weighted by Crippen LogP contribution is -2.47. The molecule has 1 N–H and O–H groups in total. The highest BCUT2D eigenvalue weighted by Crippen LogP contribution is 2.48. The number of nitrogens with zero attached hydrogens (tertiary/aromatic N) is 2. The van der Waals surface area contributed by atoms with Crippen LogP contribution in [0.5, 0.6) is 0 Å². The summed E-state index contributed by atoms with van der Waals surface area (Å²) >= 11 is 0. The number of carbonyl (C=O) groups excluding carboxylic acids is 1. The van der Waals surface area contributed by atoms with Gasteiger partial charge >= 0.3 is 5.97 Å². The molecule has 1 saturated carbocycles. The minimum absolute atomic E-state index is 0. The predicted molar refractivity (Wildman–Crippen MR) is 90.6 cm³/mol. The van der Waals surface area contributed by atoms with Crippen LogP contribution in [0.15, 0.2) is 0 Å². The van der Waals surface area contributed by atoms with E-state index in [9.17, 15) is 14.7 Å². The van der Waals surface area contributed by atoms with Crippen molar-refractivity contribution in [2.75, 3.05) is 32.7 Å². The SMILES string of the molecule is CC1CC(C)CN(C(=O)CN2C[C@@H]3CCC[C@@]3(C(=O)O)C2)C1.Cl. The van der Waals surface area contributed by atoms with Crippen LogP contribution in [0.3, 0.4) is 0 Å². The average molecular weight is 345 g/mol. The third kappa shape index (κ3) is 3.50. The molecule has 2 saturated heterocycles. The van der Waals surface area contributed by atoms with Gasteiger partial charge in [0.25, 0.3) is 0 Å². The molecular formula is C17H29ClN2O3. The number of fused-ring (bicyclic) bond motifs is 1. The molecule has 2 aliphatic heterocycles. The van der Waals surface area contributed by atoms with E-state index in [4.69, 9.17) is 0 Å². The Balaban J connectivity index is 0.00000192. The Morgan fingerprint density at radius 1 is 1.17 bits per heavy atom. The molecule has 0 bridgehead atoms. The zero-order valence-electron chi connectivity index (χ0n) is 14.2. The normalized spacial score (nSPS) is 37.3. The lowest BCUT2D eigenvalue weighted by atomic mass is 9.81. The van der Waals surface area contributed by atoms with Gasteiger partial charge in [0.2, 0.25) is 5.91 Å². The summed E-state index contributed by atoms with van der Waals surface area (Å²) in [6.07, 6.45) is 3.97. The Labute approximate surface area is 144 Å². The van der Waals surface area contributed by atoms with Crippen molar-refractivity contribution >= 4 is 24.3 Å². The Kier molecular flexibility index (Phi) is 5.62. The number of carboxylic acid groups (broad SMARTS) is 1. The molecule has 1 amide bonds. The van der Waals surface area contributed by atoms with E-state index >= 15 is 0 Å². The van der Waals surface area contributed by atoms with E-state index in [2.05, 4.69) is 18.7 Å². The fourth-order valence-corrected chi connectivity index (χ4v) is 5.02. The van der Waals surface area contributed by atoms with Crippen LogP contribution >= 0.6 is 12.4 Å². The molecule has 1 aliphatic carbocycles. The molecule has 3 rings (SSSR count). The quantitative estimate of drug-likeness (QED) is 0.851. The lowest BCUT2D eigenvalue weighted by Gasteiger charge is -2.36. The fraction of sp³-hybridized carbons (Fsp3) is 0.882. The van der Waals surface area contributed by atoms with Crippen LogP contribution in [0.2, 0.25) is 0 Å². The molecule has 0 spiro atoms. The zero-order valence-corrected chi connectivity index (χ0v) is 15.0. The fourth-order valence-electron chi connectivity index (χ4n) is 5.02. The van der Waals surface area contributed by atoms with Crippen molar-refractivity contribution in [1.29, 1.82) is 0 Å². The van der Waals surface area contributed by atoms with Crippen LogP contribution in [-0.4, -0.2) is 59.5 Å². The molecule has 0 aromatic rings. The number of hydrogen-bond donors (Lipinski definition) is 1. The van der Waals surface area contributed by atoms with E-state index in [0.29, 0.717) is 24.9 Å². The van der Waals surface area contributed by atoms with Gasteiger partial charge in [-0.05, 0) is 37.0 Å². The Morgan fingerprint density at radius 2 is 1.83 bits per heavy atom. The van der Waals surface area contributed by atoms with Gasteiger partial charge in [0.15, 0.2) is 0 Å². The molecule has 23 heavy (non-hydrogen) atoms. The number of amides is 1. The van der Waals surface area contributed by atoms with Gasteiger partial charge in [0, 0.05) is 26.2 Å². The second kappa shape index (κ2) is 6.98. The van der Waals surface area contributed by atoms with Crippen molar-refractivity contribution in [1.82, 2.24) is 9.80 Å². The number of rotatable bonds is 3. The molecule has 6 heteroatoms. The highest BCUT2D eigenvalue weighted by molar-refractivity contribution is 5.85. The van der Waals surface area contributed by atoms with Crippen LogP contribution in [0.4, 0.5) is 0 Å². The van der Waals surface area contributed by atoms with Crippen molar-refractivity contribution in [2.24, 2.45) is 23.2 Å². The molecule has 0 aromatic heterocycles. The monoisotopic (exact) mass is 344 g/mol. The third-order valence-electron chi connectivity index (χ3n) is 5.95. The van der Waals surface area contributed by atoms with Crippen LogP contribution in [0.1, 0.15) is 39.5 Å². The maximum absolute atomic E-state index is 12.6. The summed E-state index contributed by atoms with van der Waals surface area (Å²) < 4.78 is 0. The molecule has 3 aliphatic rings. The zero-order chi connectivity index (χ0) is 15.9. The van der Waals surface area contributed by atoms with Gasteiger partial charge in [-0.1, -0.05) is 20.3 Å². The molecule has 2 unspecified atom stereocenters. The highest BCUT2D eigenvalue weighted by atomic mass is 35.5. The number of aliphatic carboxylic acids is 1. The first-order valence-corrected chi connectivity index (χ1v) is 8.64. The largest absolute Gasteiger partial charge is 0.481 e. The summed E-state index contributed by atoms with van der Waals surface area (Å²) in [7, 11) is 0. The van der Waals surface area contributed by atoms with Crippen molar-refractivity contribution < 1.29 is 14.7 Å². The van der Waals surface area contributed by atoms with E-state index in [-0.39, 0.29) is 24.2 Å². The van der Waals surface area contributed by atoms with E-state index in [1.54, 1.807) is 0 Å². The summed E-state index contributed by atoms with van der Waals surface area (Å²) in [6, 6.07) is 0. The molecule has 0 aromatic carbocycles. The Morgan fingerprint density at radius 3 is 2.39 bits per heavy atom.